The molecule has 0 radical (unpaired) electrons. The van der Waals surface area contributed by atoms with E-state index in [4.69, 9.17) is 0 Å². The Bertz CT molecular complexity index is 1230. The molecule has 2 atom stereocenters. The largest absolute Gasteiger partial charge is 0.356 e. The second-order valence-corrected chi connectivity index (χ2v) is 10.4. The van der Waals surface area contributed by atoms with E-state index in [9.17, 15) is 9.59 Å². The second-order valence-electron chi connectivity index (χ2n) is 9.51. The Morgan fingerprint density at radius 1 is 1.03 bits per heavy atom. The number of hydrogen-bond acceptors (Lipinski definition) is 2. The van der Waals surface area contributed by atoms with Crippen LogP contribution in [0.15, 0.2) is 53.0 Å². The molecule has 2 aliphatic heterocycles. The van der Waals surface area contributed by atoms with Crippen LogP contribution in [0.5, 0.6) is 0 Å². The first-order valence-corrected chi connectivity index (χ1v) is 12.3. The molecule has 2 aromatic carbocycles. The molecule has 1 saturated carbocycles. The monoisotopic (exact) mass is 491 g/mol. The van der Waals surface area contributed by atoms with Crippen molar-refractivity contribution in [1.29, 1.82) is 0 Å². The van der Waals surface area contributed by atoms with Crippen LogP contribution in [0.3, 0.4) is 0 Å². The first kappa shape index (κ1) is 20.0. The number of amides is 2. The maximum atomic E-state index is 14.0. The number of carbonyl (C=O) groups excluding carboxylic acids is 2. The molecule has 164 valence electrons. The molecule has 0 bridgehead atoms. The van der Waals surface area contributed by atoms with Crippen LogP contribution < -0.4 is 0 Å². The number of hydrogen-bond donors (Lipinski definition) is 1. The highest BCUT2D eigenvalue weighted by molar-refractivity contribution is 9.10. The van der Waals surface area contributed by atoms with Gasteiger partial charge in [0, 0.05) is 33.9 Å². The predicted molar refractivity (Wildman–Crippen MR) is 127 cm³/mol. The lowest BCUT2D eigenvalue weighted by Crippen LogP contribution is -2.68. The SMILES string of the molecule is CC12C(=O)N(C3CCCC3)CC(=O)N1CC(c1ccc(Br)cc1)c1c2[nH]c2ccccc12. The lowest BCUT2D eigenvalue weighted by molar-refractivity contribution is -0.168. The average molecular weight is 492 g/mol. The molecule has 0 spiro atoms. The van der Waals surface area contributed by atoms with Gasteiger partial charge in [0.05, 0.1) is 5.69 Å². The number of halogens is 1. The van der Waals surface area contributed by atoms with Crippen molar-refractivity contribution in [3.63, 3.8) is 0 Å². The van der Waals surface area contributed by atoms with Gasteiger partial charge in [-0.1, -0.05) is 59.1 Å². The molecule has 3 heterocycles. The molecule has 2 fully saturated rings. The zero-order chi connectivity index (χ0) is 22.0. The van der Waals surface area contributed by atoms with Crippen LogP contribution >= 0.6 is 15.9 Å². The van der Waals surface area contributed by atoms with Crippen molar-refractivity contribution in [2.75, 3.05) is 13.1 Å². The number of fused-ring (bicyclic) bond motifs is 5. The summed E-state index contributed by atoms with van der Waals surface area (Å²) in [6.45, 7) is 2.65. The third kappa shape index (κ3) is 2.75. The minimum atomic E-state index is -1.00. The van der Waals surface area contributed by atoms with Gasteiger partial charge in [0.15, 0.2) is 5.54 Å². The van der Waals surface area contributed by atoms with E-state index in [2.05, 4.69) is 45.2 Å². The Morgan fingerprint density at radius 3 is 2.50 bits per heavy atom. The van der Waals surface area contributed by atoms with Crippen LogP contribution in [-0.2, 0) is 15.1 Å². The van der Waals surface area contributed by atoms with Crippen molar-refractivity contribution < 1.29 is 9.59 Å². The smallest absolute Gasteiger partial charge is 0.255 e. The summed E-state index contributed by atoms with van der Waals surface area (Å²) in [5.41, 5.74) is 3.19. The molecule has 1 aromatic heterocycles. The lowest BCUT2D eigenvalue weighted by atomic mass is 9.76. The van der Waals surface area contributed by atoms with E-state index in [1.807, 2.05) is 41.0 Å². The van der Waals surface area contributed by atoms with Crippen LogP contribution in [0.2, 0.25) is 0 Å². The highest BCUT2D eigenvalue weighted by atomic mass is 79.9. The number of carbonyl (C=O) groups is 2. The van der Waals surface area contributed by atoms with Gasteiger partial charge in [0.2, 0.25) is 5.91 Å². The molecule has 5 nitrogen and oxygen atoms in total. The molecule has 1 N–H and O–H groups in total. The Labute approximate surface area is 195 Å². The molecule has 2 amide bonds. The van der Waals surface area contributed by atoms with Crippen LogP contribution in [0.1, 0.15) is 55.3 Å². The highest BCUT2D eigenvalue weighted by Crippen LogP contribution is 2.48. The number of H-pyrrole nitrogens is 1. The number of benzene rings is 2. The van der Waals surface area contributed by atoms with Gasteiger partial charge >= 0.3 is 0 Å². The summed E-state index contributed by atoms with van der Waals surface area (Å²) in [6.07, 6.45) is 4.26. The van der Waals surface area contributed by atoms with Crippen molar-refractivity contribution in [2.45, 2.75) is 50.1 Å². The van der Waals surface area contributed by atoms with Crippen LogP contribution in [0.25, 0.3) is 10.9 Å². The normalized spacial score (nSPS) is 26.0. The second kappa shape index (κ2) is 7.20. The summed E-state index contributed by atoms with van der Waals surface area (Å²) in [6, 6.07) is 16.7. The summed E-state index contributed by atoms with van der Waals surface area (Å²) < 4.78 is 1.03. The molecule has 3 aromatic rings. The standard InChI is InChI=1S/C26H26BrN3O2/c1-26-24-23(19-8-4-5-9-21(19)28-24)20(16-10-12-17(27)13-11-16)14-30(26)22(31)15-29(25(26)32)18-6-2-3-7-18/h4-5,8-13,18,20,28H,2-3,6-7,14-15H2,1H3. The number of para-hydroxylation sites is 1. The van der Waals surface area contributed by atoms with Gasteiger partial charge in [0.25, 0.3) is 5.91 Å². The van der Waals surface area contributed by atoms with Gasteiger partial charge in [-0.3, -0.25) is 9.59 Å². The fourth-order valence-electron chi connectivity index (χ4n) is 6.14. The molecule has 2 unspecified atom stereocenters. The quantitative estimate of drug-likeness (QED) is 0.553. The minimum absolute atomic E-state index is 0.0112. The summed E-state index contributed by atoms with van der Waals surface area (Å²) in [5.74, 6) is 0.119. The number of aromatic amines is 1. The van der Waals surface area contributed by atoms with Gasteiger partial charge < -0.3 is 14.8 Å². The van der Waals surface area contributed by atoms with Gasteiger partial charge in [-0.25, -0.2) is 0 Å². The van der Waals surface area contributed by atoms with E-state index in [0.29, 0.717) is 6.54 Å². The molecule has 1 aliphatic carbocycles. The van der Waals surface area contributed by atoms with E-state index >= 15 is 0 Å². The summed E-state index contributed by atoms with van der Waals surface area (Å²) in [7, 11) is 0. The third-order valence-corrected chi connectivity index (χ3v) is 8.34. The number of aromatic nitrogens is 1. The van der Waals surface area contributed by atoms with Crippen molar-refractivity contribution >= 4 is 38.6 Å². The number of nitrogens with zero attached hydrogens (tertiary/aromatic N) is 2. The first-order valence-electron chi connectivity index (χ1n) is 11.5. The minimum Gasteiger partial charge on any atom is -0.356 e. The van der Waals surface area contributed by atoms with E-state index in [-0.39, 0.29) is 30.3 Å². The summed E-state index contributed by atoms with van der Waals surface area (Å²) in [5, 5.41) is 1.13. The maximum absolute atomic E-state index is 14.0. The molecular weight excluding hydrogens is 466 g/mol. The molecule has 6 heteroatoms. The number of rotatable bonds is 2. The van der Waals surface area contributed by atoms with Crippen LogP contribution in [0.4, 0.5) is 0 Å². The van der Waals surface area contributed by atoms with Gasteiger partial charge in [-0.15, -0.1) is 0 Å². The lowest BCUT2D eigenvalue weighted by Gasteiger charge is -2.52. The molecule has 3 aliphatic rings. The van der Waals surface area contributed by atoms with Gasteiger partial charge in [-0.05, 0) is 49.1 Å². The van der Waals surface area contributed by atoms with Crippen molar-refractivity contribution in [2.24, 2.45) is 0 Å². The van der Waals surface area contributed by atoms with Crippen LogP contribution in [0, 0.1) is 0 Å². The molecule has 1 saturated heterocycles. The maximum Gasteiger partial charge on any atom is 0.255 e. The summed E-state index contributed by atoms with van der Waals surface area (Å²) in [4.78, 5) is 34.9. The topological polar surface area (TPSA) is 56.4 Å². The van der Waals surface area contributed by atoms with E-state index in [1.165, 1.54) is 0 Å². The van der Waals surface area contributed by atoms with E-state index in [1.54, 1.807) is 0 Å². The highest BCUT2D eigenvalue weighted by Gasteiger charge is 2.57. The number of piperazine rings is 1. The fraction of sp³-hybridized carbons (Fsp3) is 0.385. The predicted octanol–water partition coefficient (Wildman–Crippen LogP) is 4.90. The third-order valence-electron chi connectivity index (χ3n) is 7.81. The van der Waals surface area contributed by atoms with Crippen LogP contribution in [-0.4, -0.2) is 45.7 Å². The van der Waals surface area contributed by atoms with Crippen molar-refractivity contribution in [1.82, 2.24) is 14.8 Å². The Hall–Kier alpha value is -2.60. The van der Waals surface area contributed by atoms with Gasteiger partial charge in [0.1, 0.15) is 6.54 Å². The zero-order valence-electron chi connectivity index (χ0n) is 18.1. The van der Waals surface area contributed by atoms with Gasteiger partial charge in [-0.2, -0.15) is 0 Å². The molecule has 32 heavy (non-hydrogen) atoms. The Kier molecular flexibility index (Phi) is 4.51. The van der Waals surface area contributed by atoms with E-state index in [0.717, 1.165) is 57.9 Å². The molecule has 6 rings (SSSR count). The van der Waals surface area contributed by atoms with E-state index < -0.39 is 5.54 Å². The zero-order valence-corrected chi connectivity index (χ0v) is 19.7. The Morgan fingerprint density at radius 2 is 1.75 bits per heavy atom. The molecular formula is C26H26BrN3O2. The fourth-order valence-corrected chi connectivity index (χ4v) is 6.40. The summed E-state index contributed by atoms with van der Waals surface area (Å²) >= 11 is 3.53. The average Bonchev–Trinajstić information content (AvgIpc) is 3.46. The van der Waals surface area contributed by atoms with Crippen molar-refractivity contribution in [3.8, 4) is 0 Å². The number of nitrogens with one attached hydrogen (secondary N) is 1. The Balaban J connectivity index is 1.56. The first-order chi connectivity index (χ1) is 15.5. The van der Waals surface area contributed by atoms with Crippen molar-refractivity contribution in [3.05, 3.63) is 69.8 Å².